The first-order valence-corrected chi connectivity index (χ1v) is 8.62. The molecule has 1 aromatic rings. The van der Waals surface area contributed by atoms with Crippen LogP contribution in [-0.4, -0.2) is 27.3 Å². The van der Waals surface area contributed by atoms with Gasteiger partial charge < -0.3 is 5.32 Å². The molecule has 1 aromatic heterocycles. The van der Waals surface area contributed by atoms with Crippen LogP contribution in [0.2, 0.25) is 5.15 Å². The topological polar surface area (TPSA) is 29.9 Å². The molecule has 0 aliphatic heterocycles. The predicted octanol–water partition coefficient (Wildman–Crippen LogP) is 3.54. The molecule has 3 nitrogen and oxygen atoms in total. The molecule has 2 rings (SSSR count). The van der Waals surface area contributed by atoms with E-state index in [1.165, 1.54) is 32.1 Å². The third-order valence-electron chi connectivity index (χ3n) is 4.22. The lowest BCUT2D eigenvalue weighted by Crippen LogP contribution is -2.39. The number of nitrogens with zero attached hydrogens (tertiary/aromatic N) is 2. The Balaban J connectivity index is 1.92. The van der Waals surface area contributed by atoms with Crippen LogP contribution in [0.4, 0.5) is 0 Å². The number of aromatic nitrogens is 2. The smallest absolute Gasteiger partial charge is 0.131 e. The molecule has 1 aliphatic carbocycles. The fourth-order valence-electron chi connectivity index (χ4n) is 2.94. The normalized spacial score (nSPS) is 18.7. The van der Waals surface area contributed by atoms with Crippen molar-refractivity contribution < 1.29 is 0 Å². The van der Waals surface area contributed by atoms with Crippen LogP contribution in [-0.2, 0) is 13.6 Å². The standard InChI is InChI=1S/C14H24ClN3S/c1-11-12(13(15)18(2)17-11)9-16-10-14(19-3)7-5-4-6-8-14/h16H,4-10H2,1-3H3. The van der Waals surface area contributed by atoms with Gasteiger partial charge in [0.25, 0.3) is 0 Å². The fourth-order valence-corrected chi connectivity index (χ4v) is 4.12. The SMILES string of the molecule is CSC1(CNCc2c(C)nn(C)c2Cl)CCCCC1. The molecule has 1 N–H and O–H groups in total. The highest BCUT2D eigenvalue weighted by molar-refractivity contribution is 8.00. The highest BCUT2D eigenvalue weighted by Gasteiger charge is 2.30. The second-order valence-corrected chi connectivity index (χ2v) is 7.16. The van der Waals surface area contributed by atoms with Crippen molar-refractivity contribution in [3.05, 3.63) is 16.4 Å². The van der Waals surface area contributed by atoms with Crippen LogP contribution in [0.3, 0.4) is 0 Å². The maximum absolute atomic E-state index is 6.26. The Morgan fingerprint density at radius 3 is 2.58 bits per heavy atom. The van der Waals surface area contributed by atoms with Gasteiger partial charge in [-0.15, -0.1) is 0 Å². The molecule has 5 heteroatoms. The largest absolute Gasteiger partial charge is 0.311 e. The fraction of sp³-hybridized carbons (Fsp3) is 0.786. The molecule has 0 radical (unpaired) electrons. The van der Waals surface area contributed by atoms with Crippen molar-refractivity contribution in [2.45, 2.75) is 50.3 Å². The number of aryl methyl sites for hydroxylation is 2. The monoisotopic (exact) mass is 301 g/mol. The minimum atomic E-state index is 0.431. The van der Waals surface area contributed by atoms with Gasteiger partial charge in [0.05, 0.1) is 5.69 Å². The summed E-state index contributed by atoms with van der Waals surface area (Å²) >= 11 is 8.29. The summed E-state index contributed by atoms with van der Waals surface area (Å²) in [4.78, 5) is 0. The first-order chi connectivity index (χ1) is 9.08. The van der Waals surface area contributed by atoms with Gasteiger partial charge in [0.2, 0.25) is 0 Å². The average Bonchev–Trinajstić information content (AvgIpc) is 2.66. The predicted molar refractivity (Wildman–Crippen MR) is 84.0 cm³/mol. The molecule has 0 unspecified atom stereocenters. The molecule has 19 heavy (non-hydrogen) atoms. The molecule has 108 valence electrons. The molecule has 1 heterocycles. The molecule has 1 saturated carbocycles. The first-order valence-electron chi connectivity index (χ1n) is 7.02. The molecule has 1 fully saturated rings. The molecule has 0 bridgehead atoms. The Labute approximate surface area is 125 Å². The van der Waals surface area contributed by atoms with E-state index < -0.39 is 0 Å². The summed E-state index contributed by atoms with van der Waals surface area (Å²) in [6.07, 6.45) is 9.05. The van der Waals surface area contributed by atoms with E-state index in [9.17, 15) is 0 Å². The second-order valence-electron chi connectivity index (χ2n) is 5.53. The number of thioether (sulfide) groups is 1. The molecule has 0 spiro atoms. The Hall–Kier alpha value is -0.190. The lowest BCUT2D eigenvalue weighted by atomic mass is 9.88. The van der Waals surface area contributed by atoms with Crippen LogP contribution in [0.5, 0.6) is 0 Å². The third-order valence-corrected chi connectivity index (χ3v) is 6.11. The number of hydrogen-bond acceptors (Lipinski definition) is 3. The lowest BCUT2D eigenvalue weighted by Gasteiger charge is -2.36. The van der Waals surface area contributed by atoms with E-state index >= 15 is 0 Å². The van der Waals surface area contributed by atoms with E-state index in [4.69, 9.17) is 11.6 Å². The summed E-state index contributed by atoms with van der Waals surface area (Å²) < 4.78 is 2.18. The van der Waals surface area contributed by atoms with E-state index in [1.807, 2.05) is 25.7 Å². The van der Waals surface area contributed by atoms with Gasteiger partial charge in [0.15, 0.2) is 0 Å². The highest BCUT2D eigenvalue weighted by Crippen LogP contribution is 2.38. The van der Waals surface area contributed by atoms with Crippen LogP contribution < -0.4 is 5.32 Å². The maximum atomic E-state index is 6.26. The number of nitrogens with one attached hydrogen (secondary N) is 1. The summed E-state index contributed by atoms with van der Waals surface area (Å²) in [5.41, 5.74) is 2.16. The van der Waals surface area contributed by atoms with Gasteiger partial charge in [-0.05, 0) is 26.0 Å². The van der Waals surface area contributed by atoms with Gasteiger partial charge in [0, 0.05) is 30.4 Å². The summed E-state index contributed by atoms with van der Waals surface area (Å²) in [6.45, 7) is 3.91. The minimum Gasteiger partial charge on any atom is -0.311 e. The highest BCUT2D eigenvalue weighted by atomic mass is 35.5. The van der Waals surface area contributed by atoms with E-state index in [0.717, 1.165) is 29.5 Å². The van der Waals surface area contributed by atoms with Crippen LogP contribution in [0, 0.1) is 6.92 Å². The van der Waals surface area contributed by atoms with E-state index in [1.54, 1.807) is 4.68 Å². The summed E-state index contributed by atoms with van der Waals surface area (Å²) in [6, 6.07) is 0. The van der Waals surface area contributed by atoms with Crippen LogP contribution in [0.15, 0.2) is 0 Å². The molecule has 1 aliphatic rings. The van der Waals surface area contributed by atoms with Gasteiger partial charge in [-0.25, -0.2) is 0 Å². The van der Waals surface area contributed by atoms with Crippen molar-refractivity contribution in [2.24, 2.45) is 7.05 Å². The average molecular weight is 302 g/mol. The molecule has 0 aromatic carbocycles. The zero-order chi connectivity index (χ0) is 13.9. The second kappa shape index (κ2) is 6.51. The van der Waals surface area contributed by atoms with Crippen LogP contribution in [0.1, 0.15) is 43.4 Å². The minimum absolute atomic E-state index is 0.431. The van der Waals surface area contributed by atoms with E-state index in [0.29, 0.717) is 4.75 Å². The van der Waals surface area contributed by atoms with Crippen LogP contribution in [0.25, 0.3) is 0 Å². The number of rotatable bonds is 5. The Kier molecular flexibility index (Phi) is 5.21. The van der Waals surface area contributed by atoms with Crippen molar-refractivity contribution >= 4 is 23.4 Å². The summed E-state index contributed by atoms with van der Waals surface area (Å²) in [7, 11) is 1.89. The van der Waals surface area contributed by atoms with Crippen molar-refractivity contribution in [2.75, 3.05) is 12.8 Å². The number of halogens is 1. The molecule has 0 saturated heterocycles. The molecule has 0 atom stereocenters. The maximum Gasteiger partial charge on any atom is 0.131 e. The Morgan fingerprint density at radius 2 is 2.05 bits per heavy atom. The Bertz CT molecular complexity index is 425. The van der Waals surface area contributed by atoms with Crippen molar-refractivity contribution in [3.8, 4) is 0 Å². The summed E-state index contributed by atoms with van der Waals surface area (Å²) in [5, 5.41) is 8.71. The van der Waals surface area contributed by atoms with Gasteiger partial charge in [-0.2, -0.15) is 16.9 Å². The zero-order valence-corrected chi connectivity index (χ0v) is 13.7. The quantitative estimate of drug-likeness (QED) is 0.902. The zero-order valence-electron chi connectivity index (χ0n) is 12.1. The third kappa shape index (κ3) is 3.47. The van der Waals surface area contributed by atoms with E-state index in [-0.39, 0.29) is 0 Å². The van der Waals surface area contributed by atoms with Gasteiger partial charge >= 0.3 is 0 Å². The number of hydrogen-bond donors (Lipinski definition) is 1. The van der Waals surface area contributed by atoms with Crippen molar-refractivity contribution in [1.82, 2.24) is 15.1 Å². The van der Waals surface area contributed by atoms with Gasteiger partial charge in [-0.1, -0.05) is 30.9 Å². The van der Waals surface area contributed by atoms with E-state index in [2.05, 4.69) is 16.7 Å². The van der Waals surface area contributed by atoms with Crippen molar-refractivity contribution in [3.63, 3.8) is 0 Å². The first kappa shape index (κ1) is 15.2. The molecule has 0 amide bonds. The lowest BCUT2D eigenvalue weighted by molar-refractivity contribution is 0.379. The molecular weight excluding hydrogens is 278 g/mol. The molecular formula is C14H24ClN3S. The van der Waals surface area contributed by atoms with Crippen LogP contribution >= 0.6 is 23.4 Å². The Morgan fingerprint density at radius 1 is 1.37 bits per heavy atom. The van der Waals surface area contributed by atoms with Gasteiger partial charge in [0.1, 0.15) is 5.15 Å². The van der Waals surface area contributed by atoms with Crippen molar-refractivity contribution in [1.29, 1.82) is 0 Å². The van der Waals surface area contributed by atoms with Gasteiger partial charge in [-0.3, -0.25) is 4.68 Å². The summed E-state index contributed by atoms with van der Waals surface area (Å²) in [5.74, 6) is 0.